The van der Waals surface area contributed by atoms with Gasteiger partial charge in [-0.05, 0) is 69.4 Å². The number of amidine groups is 1. The first-order chi connectivity index (χ1) is 16.2. The van der Waals surface area contributed by atoms with Crippen LogP contribution in [0.15, 0.2) is 83.4 Å². The molecule has 2 aromatic rings. The maximum absolute atomic E-state index is 5.14. The molecule has 3 aliphatic rings. The van der Waals surface area contributed by atoms with E-state index in [1.165, 1.54) is 66.9 Å². The van der Waals surface area contributed by atoms with Crippen LogP contribution >= 0.6 is 0 Å². The van der Waals surface area contributed by atoms with Crippen molar-refractivity contribution >= 4 is 5.84 Å². The molecule has 1 unspecified atom stereocenters. The lowest BCUT2D eigenvalue weighted by atomic mass is 9.84. The Kier molecular flexibility index (Phi) is 6.78. The lowest BCUT2D eigenvalue weighted by Crippen LogP contribution is -2.47. The molecule has 172 valence electrons. The van der Waals surface area contributed by atoms with Crippen LogP contribution in [0.2, 0.25) is 0 Å². The van der Waals surface area contributed by atoms with Crippen molar-refractivity contribution in [1.29, 1.82) is 0 Å². The molecule has 0 aromatic heterocycles. The van der Waals surface area contributed by atoms with Crippen molar-refractivity contribution in [3.05, 3.63) is 95.1 Å². The Labute approximate surface area is 199 Å². The summed E-state index contributed by atoms with van der Waals surface area (Å²) >= 11 is 0. The van der Waals surface area contributed by atoms with Gasteiger partial charge in [0.05, 0.1) is 6.54 Å². The fraction of sp³-hybridized carbons (Fsp3) is 0.433. The molecule has 1 saturated heterocycles. The Morgan fingerprint density at radius 1 is 0.879 bits per heavy atom. The van der Waals surface area contributed by atoms with E-state index in [0.717, 1.165) is 13.1 Å². The summed E-state index contributed by atoms with van der Waals surface area (Å²) in [6.45, 7) is 6.27. The van der Waals surface area contributed by atoms with Gasteiger partial charge in [0.25, 0.3) is 0 Å². The number of aryl methyl sites for hydroxylation is 1. The highest BCUT2D eigenvalue weighted by Crippen LogP contribution is 2.36. The Bertz CT molecular complexity index is 1010. The van der Waals surface area contributed by atoms with Crippen LogP contribution in [-0.4, -0.2) is 54.9 Å². The van der Waals surface area contributed by atoms with Crippen LogP contribution in [0, 0.1) is 12.8 Å². The molecule has 2 aliphatic heterocycles. The molecule has 1 atom stereocenters. The Hall–Kier alpha value is -2.65. The summed E-state index contributed by atoms with van der Waals surface area (Å²) < 4.78 is 0. The lowest BCUT2D eigenvalue weighted by Gasteiger charge is -2.39. The lowest BCUT2D eigenvalue weighted by molar-refractivity contribution is 0.181. The molecule has 3 nitrogen and oxygen atoms in total. The van der Waals surface area contributed by atoms with Gasteiger partial charge in [0.1, 0.15) is 5.84 Å². The van der Waals surface area contributed by atoms with Crippen molar-refractivity contribution in [3.63, 3.8) is 0 Å². The van der Waals surface area contributed by atoms with Gasteiger partial charge in [0, 0.05) is 24.4 Å². The highest BCUT2D eigenvalue weighted by molar-refractivity contribution is 5.87. The van der Waals surface area contributed by atoms with Gasteiger partial charge in [0.15, 0.2) is 0 Å². The number of allylic oxidation sites excluding steroid dienone is 2. The first-order valence-corrected chi connectivity index (χ1v) is 12.7. The van der Waals surface area contributed by atoms with Gasteiger partial charge in [-0.3, -0.25) is 4.99 Å². The summed E-state index contributed by atoms with van der Waals surface area (Å²) in [6.07, 6.45) is 12.2. The second-order valence-corrected chi connectivity index (χ2v) is 10.0. The molecule has 3 heteroatoms. The van der Waals surface area contributed by atoms with Crippen molar-refractivity contribution in [2.45, 2.75) is 44.6 Å². The van der Waals surface area contributed by atoms with E-state index < -0.39 is 0 Å². The second-order valence-electron chi connectivity index (χ2n) is 10.0. The third kappa shape index (κ3) is 5.30. The van der Waals surface area contributed by atoms with Crippen LogP contribution in [0.1, 0.15) is 48.3 Å². The van der Waals surface area contributed by atoms with Crippen molar-refractivity contribution in [1.82, 2.24) is 9.80 Å². The smallest absolute Gasteiger partial charge is 0.103 e. The molecule has 0 spiro atoms. The highest BCUT2D eigenvalue weighted by atomic mass is 15.2. The molecule has 0 N–H and O–H groups in total. The van der Waals surface area contributed by atoms with E-state index >= 15 is 0 Å². The van der Waals surface area contributed by atoms with Gasteiger partial charge >= 0.3 is 0 Å². The van der Waals surface area contributed by atoms with Gasteiger partial charge in [-0.25, -0.2) is 0 Å². The number of rotatable bonds is 5. The highest BCUT2D eigenvalue weighted by Gasteiger charge is 2.35. The standard InChI is InChI=1S/C30H37N3/c1-23-10-12-26(13-11-23)29(24-7-4-3-5-8-24)25-9-6-19-31-30(27-14-15-27)33(22-16-25)28-17-20-32(2)21-18-28/h3-13,16,27-29H,14-15,17-22H2,1-2H3. The Morgan fingerprint density at radius 2 is 1.58 bits per heavy atom. The number of hydrogen-bond donors (Lipinski definition) is 0. The van der Waals surface area contributed by atoms with Crippen LogP contribution in [0.5, 0.6) is 0 Å². The third-order valence-electron chi connectivity index (χ3n) is 7.44. The summed E-state index contributed by atoms with van der Waals surface area (Å²) in [5.74, 6) is 2.29. The van der Waals surface area contributed by atoms with Crippen molar-refractivity contribution in [2.75, 3.05) is 33.2 Å². The predicted octanol–water partition coefficient (Wildman–Crippen LogP) is 5.83. The summed E-state index contributed by atoms with van der Waals surface area (Å²) in [5, 5.41) is 0. The number of hydrogen-bond acceptors (Lipinski definition) is 3. The number of piperidine rings is 1. The molecule has 0 radical (unpaired) electrons. The van der Waals surface area contributed by atoms with E-state index in [-0.39, 0.29) is 5.92 Å². The van der Waals surface area contributed by atoms with Crippen LogP contribution < -0.4 is 0 Å². The summed E-state index contributed by atoms with van der Waals surface area (Å²) in [5.41, 5.74) is 5.40. The summed E-state index contributed by atoms with van der Waals surface area (Å²) in [6, 6.07) is 20.7. The molecule has 2 heterocycles. The molecular formula is C30H37N3. The zero-order valence-corrected chi connectivity index (χ0v) is 20.2. The quantitative estimate of drug-likeness (QED) is 0.584. The first-order valence-electron chi connectivity index (χ1n) is 12.7. The predicted molar refractivity (Wildman–Crippen MR) is 139 cm³/mol. The SMILES string of the molecule is Cc1ccc(C(C2=CCN(C3CCN(C)CC3)C(C3CC3)=NCC=C2)c2ccccc2)cc1. The molecule has 0 amide bonds. The number of nitrogens with zero attached hydrogens (tertiary/aromatic N) is 3. The third-order valence-corrected chi connectivity index (χ3v) is 7.44. The minimum Gasteiger partial charge on any atom is -0.353 e. The monoisotopic (exact) mass is 439 g/mol. The molecule has 2 fully saturated rings. The Balaban J connectivity index is 1.50. The topological polar surface area (TPSA) is 18.8 Å². The van der Waals surface area contributed by atoms with Crippen LogP contribution in [0.3, 0.4) is 0 Å². The zero-order valence-electron chi connectivity index (χ0n) is 20.2. The molecular weight excluding hydrogens is 402 g/mol. The van der Waals surface area contributed by atoms with Gasteiger partial charge in [-0.2, -0.15) is 0 Å². The normalized spacial score (nSPS) is 21.6. The van der Waals surface area contributed by atoms with Crippen molar-refractivity contribution < 1.29 is 0 Å². The maximum atomic E-state index is 5.14. The van der Waals surface area contributed by atoms with Gasteiger partial charge in [0.2, 0.25) is 0 Å². The molecule has 0 bridgehead atoms. The van der Waals surface area contributed by atoms with E-state index in [1.807, 2.05) is 0 Å². The number of likely N-dealkylation sites (tertiary alicyclic amines) is 1. The molecule has 33 heavy (non-hydrogen) atoms. The van der Waals surface area contributed by atoms with Gasteiger partial charge < -0.3 is 9.80 Å². The summed E-state index contributed by atoms with van der Waals surface area (Å²) in [7, 11) is 2.25. The average molecular weight is 440 g/mol. The molecule has 1 saturated carbocycles. The van der Waals surface area contributed by atoms with Gasteiger partial charge in [-0.1, -0.05) is 78.4 Å². The first kappa shape index (κ1) is 22.2. The molecule has 1 aliphatic carbocycles. The molecule has 2 aromatic carbocycles. The minimum atomic E-state index is 0.241. The molecule has 5 rings (SSSR count). The number of aliphatic imine (C=N–C) groups is 1. The van der Waals surface area contributed by atoms with E-state index in [1.54, 1.807) is 0 Å². The fourth-order valence-electron chi connectivity index (χ4n) is 5.33. The largest absolute Gasteiger partial charge is 0.353 e. The van der Waals surface area contributed by atoms with Crippen molar-refractivity contribution in [3.8, 4) is 0 Å². The van der Waals surface area contributed by atoms with E-state index in [0.29, 0.717) is 12.0 Å². The average Bonchev–Trinajstić information content (AvgIpc) is 3.67. The van der Waals surface area contributed by atoms with Crippen LogP contribution in [0.4, 0.5) is 0 Å². The zero-order chi connectivity index (χ0) is 22.6. The number of benzene rings is 2. The Morgan fingerprint density at radius 3 is 2.27 bits per heavy atom. The maximum Gasteiger partial charge on any atom is 0.103 e. The van der Waals surface area contributed by atoms with E-state index in [9.17, 15) is 0 Å². The minimum absolute atomic E-state index is 0.241. The summed E-state index contributed by atoms with van der Waals surface area (Å²) in [4.78, 5) is 10.3. The van der Waals surface area contributed by atoms with E-state index in [2.05, 4.69) is 96.6 Å². The van der Waals surface area contributed by atoms with Gasteiger partial charge in [-0.15, -0.1) is 0 Å². The second kappa shape index (κ2) is 10.1. The fourth-order valence-corrected chi connectivity index (χ4v) is 5.33. The van der Waals surface area contributed by atoms with Crippen LogP contribution in [0.25, 0.3) is 0 Å². The van der Waals surface area contributed by atoms with Crippen LogP contribution in [-0.2, 0) is 0 Å². The van der Waals surface area contributed by atoms with Crippen molar-refractivity contribution in [2.24, 2.45) is 10.9 Å². The van der Waals surface area contributed by atoms with E-state index in [4.69, 9.17) is 4.99 Å².